The van der Waals surface area contributed by atoms with Crippen LogP contribution < -0.4 is 30.0 Å². The lowest BCUT2D eigenvalue weighted by Gasteiger charge is -2.33. The number of aromatic amines is 1. The van der Waals surface area contributed by atoms with Gasteiger partial charge in [0.05, 0.1) is 49.5 Å². The van der Waals surface area contributed by atoms with Crippen molar-refractivity contribution in [3.05, 3.63) is 65.2 Å². The number of hydrogen-bond acceptors (Lipinski definition) is 9. The lowest BCUT2D eigenvalue weighted by atomic mass is 10.2. The lowest BCUT2D eigenvalue weighted by Crippen LogP contribution is -2.41. The first-order valence-electron chi connectivity index (χ1n) is 11.8. The molecule has 11 nitrogen and oxygen atoms in total. The Morgan fingerprint density at radius 2 is 1.97 bits per heavy atom. The van der Waals surface area contributed by atoms with Crippen molar-refractivity contribution in [2.75, 3.05) is 44.6 Å². The second kappa shape index (κ2) is 9.01. The molecular formula is C26H25N7O4. The van der Waals surface area contributed by atoms with Gasteiger partial charge in [-0.15, -0.1) is 0 Å². The van der Waals surface area contributed by atoms with E-state index in [-0.39, 0.29) is 11.7 Å². The highest BCUT2D eigenvalue weighted by Gasteiger charge is 2.23. The number of benzene rings is 2. The summed E-state index contributed by atoms with van der Waals surface area (Å²) in [5.74, 6) is 2.27. The monoisotopic (exact) mass is 499 g/mol. The van der Waals surface area contributed by atoms with E-state index < -0.39 is 0 Å². The normalized spacial score (nSPS) is 14.9. The number of H-pyrrole nitrogens is 1. The van der Waals surface area contributed by atoms with Gasteiger partial charge in [-0.2, -0.15) is 10.1 Å². The zero-order chi connectivity index (χ0) is 25.5. The molecule has 1 aliphatic heterocycles. The van der Waals surface area contributed by atoms with E-state index >= 15 is 0 Å². The van der Waals surface area contributed by atoms with Gasteiger partial charge >= 0.3 is 0 Å². The van der Waals surface area contributed by atoms with Gasteiger partial charge in [0.1, 0.15) is 17.4 Å². The number of ether oxygens (including phenoxy) is 3. The smallest absolute Gasteiger partial charge is 0.267 e. The van der Waals surface area contributed by atoms with Crippen molar-refractivity contribution in [2.45, 2.75) is 6.10 Å². The zero-order valence-corrected chi connectivity index (χ0v) is 20.6. The first-order valence-corrected chi connectivity index (χ1v) is 11.8. The molecule has 5 aromatic rings. The Hall–Kier alpha value is -4.80. The van der Waals surface area contributed by atoms with E-state index in [1.807, 2.05) is 31.3 Å². The molecule has 0 spiro atoms. The molecule has 37 heavy (non-hydrogen) atoms. The molecule has 11 heteroatoms. The van der Waals surface area contributed by atoms with Gasteiger partial charge in [0.2, 0.25) is 5.95 Å². The summed E-state index contributed by atoms with van der Waals surface area (Å²) in [5, 5.41) is 11.4. The summed E-state index contributed by atoms with van der Waals surface area (Å²) in [5.41, 5.74) is 2.30. The predicted molar refractivity (Wildman–Crippen MR) is 141 cm³/mol. The maximum Gasteiger partial charge on any atom is 0.267 e. The minimum absolute atomic E-state index is 0.110. The number of likely N-dealkylation sites (N-methyl/N-ethyl adjacent to an activating group) is 1. The lowest BCUT2D eigenvalue weighted by molar-refractivity contribution is 0.208. The van der Waals surface area contributed by atoms with Crippen LogP contribution in [-0.4, -0.2) is 65.2 Å². The van der Waals surface area contributed by atoms with Crippen LogP contribution in [0.4, 0.5) is 11.6 Å². The van der Waals surface area contributed by atoms with Crippen LogP contribution in [0.1, 0.15) is 0 Å². The first kappa shape index (κ1) is 22.7. The van der Waals surface area contributed by atoms with Gasteiger partial charge in [-0.3, -0.25) is 14.5 Å². The van der Waals surface area contributed by atoms with Gasteiger partial charge in [0.15, 0.2) is 17.1 Å². The molecule has 1 aliphatic rings. The molecule has 0 aliphatic carbocycles. The van der Waals surface area contributed by atoms with Crippen molar-refractivity contribution in [1.82, 2.24) is 24.7 Å². The first-order chi connectivity index (χ1) is 18.1. The molecule has 2 N–H and O–H groups in total. The molecule has 188 valence electrons. The highest BCUT2D eigenvalue weighted by Crippen LogP contribution is 2.32. The minimum Gasteiger partial charge on any atom is -0.493 e. The molecule has 1 unspecified atom stereocenters. The maximum atomic E-state index is 13.6. The van der Waals surface area contributed by atoms with Crippen LogP contribution in [0.2, 0.25) is 0 Å². The quantitative estimate of drug-likeness (QED) is 0.363. The van der Waals surface area contributed by atoms with Crippen LogP contribution in [0.3, 0.4) is 0 Å². The number of fused-ring (bicyclic) bond motifs is 4. The largest absolute Gasteiger partial charge is 0.493 e. The van der Waals surface area contributed by atoms with E-state index in [4.69, 9.17) is 19.2 Å². The number of para-hydroxylation sites is 2. The molecule has 0 radical (unpaired) electrons. The van der Waals surface area contributed by atoms with Crippen LogP contribution >= 0.6 is 0 Å². The Labute approximate surface area is 211 Å². The van der Waals surface area contributed by atoms with Crippen molar-refractivity contribution < 1.29 is 14.2 Å². The van der Waals surface area contributed by atoms with Gasteiger partial charge in [-0.05, 0) is 24.3 Å². The van der Waals surface area contributed by atoms with E-state index in [2.05, 4.69) is 25.4 Å². The van der Waals surface area contributed by atoms with Gasteiger partial charge in [-0.25, -0.2) is 4.98 Å². The molecule has 3 aromatic heterocycles. The summed E-state index contributed by atoms with van der Waals surface area (Å²) in [4.78, 5) is 25.0. The number of pyridine rings is 1. The highest BCUT2D eigenvalue weighted by atomic mass is 16.5. The molecule has 0 bridgehead atoms. The summed E-state index contributed by atoms with van der Waals surface area (Å²) < 4.78 is 18.5. The van der Waals surface area contributed by atoms with Crippen LogP contribution in [0.5, 0.6) is 17.2 Å². The Kier molecular flexibility index (Phi) is 5.52. The summed E-state index contributed by atoms with van der Waals surface area (Å²) >= 11 is 0. The van der Waals surface area contributed by atoms with Crippen molar-refractivity contribution in [3.63, 3.8) is 0 Å². The third-order valence-electron chi connectivity index (χ3n) is 6.47. The molecule has 6 rings (SSSR count). The number of anilines is 2. The Morgan fingerprint density at radius 3 is 2.81 bits per heavy atom. The molecular weight excluding hydrogens is 474 g/mol. The van der Waals surface area contributed by atoms with Gasteiger partial charge in [0, 0.05) is 25.5 Å². The van der Waals surface area contributed by atoms with E-state index in [9.17, 15) is 4.79 Å². The van der Waals surface area contributed by atoms with E-state index in [0.29, 0.717) is 58.2 Å². The molecule has 0 amide bonds. The predicted octanol–water partition coefficient (Wildman–Crippen LogP) is 2.98. The number of aromatic nitrogens is 5. The minimum atomic E-state index is -0.262. The SMILES string of the molecule is COc1ccc(-n2c(=O)c3c[nH]nc3c3cnc(NCC4CN(C)c5ccccc5O4)nc32)cc1OC. The van der Waals surface area contributed by atoms with Gasteiger partial charge in [-0.1, -0.05) is 12.1 Å². The van der Waals surface area contributed by atoms with Crippen LogP contribution in [0.25, 0.3) is 27.6 Å². The molecule has 0 fully saturated rings. The number of hydrogen-bond donors (Lipinski definition) is 2. The second-order valence-corrected chi connectivity index (χ2v) is 8.73. The number of nitrogens with one attached hydrogen (secondary N) is 2. The fourth-order valence-corrected chi connectivity index (χ4v) is 4.68. The van der Waals surface area contributed by atoms with E-state index in [0.717, 1.165) is 11.4 Å². The summed E-state index contributed by atoms with van der Waals surface area (Å²) in [6.07, 6.45) is 3.14. The van der Waals surface area contributed by atoms with Crippen LogP contribution in [0.15, 0.2) is 59.7 Å². The van der Waals surface area contributed by atoms with Crippen LogP contribution in [-0.2, 0) is 0 Å². The fraction of sp³-hybridized carbons (Fsp3) is 0.231. The van der Waals surface area contributed by atoms with Crippen molar-refractivity contribution in [1.29, 1.82) is 0 Å². The van der Waals surface area contributed by atoms with Crippen molar-refractivity contribution in [2.24, 2.45) is 0 Å². The Morgan fingerprint density at radius 1 is 1.14 bits per heavy atom. The van der Waals surface area contributed by atoms with Crippen molar-refractivity contribution >= 4 is 33.6 Å². The topological polar surface area (TPSA) is 119 Å². The zero-order valence-electron chi connectivity index (χ0n) is 20.6. The average Bonchev–Trinajstić information content (AvgIpc) is 3.42. The fourth-order valence-electron chi connectivity index (χ4n) is 4.68. The third-order valence-corrected chi connectivity index (χ3v) is 6.47. The highest BCUT2D eigenvalue weighted by molar-refractivity contribution is 6.02. The number of methoxy groups -OCH3 is 2. The Bertz CT molecular complexity index is 1680. The summed E-state index contributed by atoms with van der Waals surface area (Å²) in [7, 11) is 5.15. The summed E-state index contributed by atoms with van der Waals surface area (Å²) in [6.45, 7) is 1.19. The Balaban J connectivity index is 1.39. The summed E-state index contributed by atoms with van der Waals surface area (Å²) in [6, 6.07) is 13.2. The van der Waals surface area contributed by atoms with E-state index in [1.165, 1.54) is 4.57 Å². The average molecular weight is 500 g/mol. The standard InChI is InChI=1S/C26H25N7O4/c1-32-14-16(37-20-7-5-4-6-19(20)32)11-27-26-28-12-17-23-18(13-29-31-23)25(34)33(24(17)30-26)15-8-9-21(35-2)22(10-15)36-3/h4-10,12-13,16H,11,14H2,1-3H3,(H,29,31)(H,27,28,30). The number of nitrogens with zero attached hydrogens (tertiary/aromatic N) is 5. The molecule has 4 heterocycles. The molecule has 1 atom stereocenters. The number of rotatable bonds is 6. The molecule has 0 saturated heterocycles. The van der Waals surface area contributed by atoms with Gasteiger partial charge in [0.25, 0.3) is 5.56 Å². The van der Waals surface area contributed by atoms with Gasteiger partial charge < -0.3 is 24.4 Å². The molecule has 0 saturated carbocycles. The van der Waals surface area contributed by atoms with Crippen molar-refractivity contribution in [3.8, 4) is 22.9 Å². The van der Waals surface area contributed by atoms with E-state index in [1.54, 1.807) is 44.8 Å². The third kappa shape index (κ3) is 3.84. The second-order valence-electron chi connectivity index (χ2n) is 8.73. The molecule has 2 aromatic carbocycles. The van der Waals surface area contributed by atoms with Crippen LogP contribution in [0, 0.1) is 0 Å². The maximum absolute atomic E-state index is 13.6.